The van der Waals surface area contributed by atoms with E-state index in [-0.39, 0.29) is 5.91 Å². The van der Waals surface area contributed by atoms with Gasteiger partial charge in [-0.15, -0.1) is 0 Å². The van der Waals surface area contributed by atoms with Crippen LogP contribution in [0.2, 0.25) is 5.02 Å². The van der Waals surface area contributed by atoms with E-state index in [0.717, 1.165) is 44.6 Å². The minimum absolute atomic E-state index is 0.0164. The third-order valence-electron chi connectivity index (χ3n) is 4.54. The summed E-state index contributed by atoms with van der Waals surface area (Å²) >= 11 is 6.20. The van der Waals surface area contributed by atoms with Gasteiger partial charge in [-0.2, -0.15) is 5.10 Å². The topological polar surface area (TPSA) is 61.0 Å². The molecule has 0 radical (unpaired) electrons. The number of halogens is 1. The van der Waals surface area contributed by atoms with Gasteiger partial charge in [-0.25, -0.2) is 0 Å². The summed E-state index contributed by atoms with van der Waals surface area (Å²) in [5.41, 5.74) is 2.06. The van der Waals surface area contributed by atoms with Crippen LogP contribution < -0.4 is 5.32 Å². The molecule has 5 nitrogen and oxygen atoms in total. The highest BCUT2D eigenvalue weighted by molar-refractivity contribution is 6.33. The van der Waals surface area contributed by atoms with Gasteiger partial charge in [-0.05, 0) is 44.0 Å². The molecule has 1 saturated heterocycles. The predicted molar refractivity (Wildman–Crippen MR) is 96.2 cm³/mol. The van der Waals surface area contributed by atoms with Gasteiger partial charge in [-0.1, -0.05) is 36.7 Å². The fourth-order valence-electron chi connectivity index (χ4n) is 3.10. The summed E-state index contributed by atoms with van der Waals surface area (Å²) in [5, 5.41) is 11.1. The number of amides is 1. The van der Waals surface area contributed by atoms with Gasteiger partial charge in [0.2, 0.25) is 0 Å². The highest BCUT2D eigenvalue weighted by Gasteiger charge is 2.24. The van der Waals surface area contributed by atoms with Gasteiger partial charge in [0.15, 0.2) is 0 Å². The molecule has 6 heteroatoms. The first-order valence-electron chi connectivity index (χ1n) is 8.49. The number of carbonyl (C=O) groups is 1. The second-order valence-electron chi connectivity index (χ2n) is 6.19. The number of hydrogen-bond acceptors (Lipinski definition) is 3. The smallest absolute Gasteiger partial charge is 0.271 e. The molecule has 0 aliphatic carbocycles. The summed E-state index contributed by atoms with van der Waals surface area (Å²) in [6.07, 6.45) is 2.09. The Hall–Kier alpha value is -1.85. The predicted octanol–water partition coefficient (Wildman–Crippen LogP) is 3.19. The standard InChI is InChI=1S/C18H23ClN4O/c1-2-20-12-13-7-9-23(10-8-13)18(24)17-11-16(21-22-17)14-5-3-4-6-15(14)19/h3-6,11,13,20H,2,7-10,12H2,1H3,(H,21,22). The Bertz CT molecular complexity index is 692. The molecule has 0 spiro atoms. The van der Waals surface area contributed by atoms with Crippen LogP contribution in [0, 0.1) is 5.92 Å². The summed E-state index contributed by atoms with van der Waals surface area (Å²) < 4.78 is 0. The van der Waals surface area contributed by atoms with E-state index < -0.39 is 0 Å². The maximum atomic E-state index is 12.7. The third-order valence-corrected chi connectivity index (χ3v) is 4.87. The molecule has 0 atom stereocenters. The number of benzene rings is 1. The van der Waals surface area contributed by atoms with E-state index in [0.29, 0.717) is 22.3 Å². The zero-order chi connectivity index (χ0) is 16.9. The number of piperidine rings is 1. The van der Waals surface area contributed by atoms with Crippen LogP contribution in [0.25, 0.3) is 11.3 Å². The van der Waals surface area contributed by atoms with Crippen molar-refractivity contribution in [3.63, 3.8) is 0 Å². The monoisotopic (exact) mass is 346 g/mol. The molecular formula is C18H23ClN4O. The maximum Gasteiger partial charge on any atom is 0.271 e. The molecular weight excluding hydrogens is 324 g/mol. The van der Waals surface area contributed by atoms with Gasteiger partial charge in [0.25, 0.3) is 5.91 Å². The van der Waals surface area contributed by atoms with Gasteiger partial charge < -0.3 is 10.2 Å². The molecule has 1 amide bonds. The molecule has 24 heavy (non-hydrogen) atoms. The number of rotatable bonds is 5. The second-order valence-corrected chi connectivity index (χ2v) is 6.60. The SMILES string of the molecule is CCNCC1CCN(C(=O)c2cc(-c3ccccc3Cl)n[nH]2)CC1. The number of hydrogen-bond donors (Lipinski definition) is 2. The first kappa shape index (κ1) is 17.0. The van der Waals surface area contributed by atoms with Crippen molar-refractivity contribution in [2.45, 2.75) is 19.8 Å². The molecule has 2 aromatic rings. The molecule has 2 N–H and O–H groups in total. The number of likely N-dealkylation sites (tertiary alicyclic amines) is 1. The number of aromatic amines is 1. The highest BCUT2D eigenvalue weighted by Crippen LogP contribution is 2.27. The Morgan fingerprint density at radius 1 is 1.38 bits per heavy atom. The summed E-state index contributed by atoms with van der Waals surface area (Å²) in [4.78, 5) is 14.6. The average molecular weight is 347 g/mol. The van der Waals surface area contributed by atoms with Crippen LogP contribution in [0.15, 0.2) is 30.3 Å². The number of nitrogens with one attached hydrogen (secondary N) is 2. The van der Waals surface area contributed by atoms with E-state index >= 15 is 0 Å². The summed E-state index contributed by atoms with van der Waals surface area (Å²) in [7, 11) is 0. The van der Waals surface area contributed by atoms with Crippen LogP contribution in [0.3, 0.4) is 0 Å². The van der Waals surface area contributed by atoms with Crippen molar-refractivity contribution < 1.29 is 4.79 Å². The first-order valence-corrected chi connectivity index (χ1v) is 8.87. The minimum atomic E-state index is 0.0164. The zero-order valence-corrected chi connectivity index (χ0v) is 14.6. The molecule has 0 saturated carbocycles. The van der Waals surface area contributed by atoms with Gasteiger partial charge in [0.05, 0.1) is 10.7 Å². The largest absolute Gasteiger partial charge is 0.337 e. The molecule has 3 rings (SSSR count). The fraction of sp³-hybridized carbons (Fsp3) is 0.444. The molecule has 1 aromatic carbocycles. The number of H-pyrrole nitrogens is 1. The fourth-order valence-corrected chi connectivity index (χ4v) is 3.33. The Balaban J connectivity index is 1.64. The van der Waals surface area contributed by atoms with Crippen LogP contribution >= 0.6 is 11.6 Å². The second kappa shape index (κ2) is 7.81. The number of nitrogens with zero attached hydrogens (tertiary/aromatic N) is 2. The molecule has 128 valence electrons. The quantitative estimate of drug-likeness (QED) is 0.874. The lowest BCUT2D eigenvalue weighted by molar-refractivity contribution is 0.0684. The number of aromatic nitrogens is 2. The average Bonchev–Trinajstić information content (AvgIpc) is 3.10. The van der Waals surface area contributed by atoms with Gasteiger partial charge in [-0.3, -0.25) is 9.89 Å². The lowest BCUT2D eigenvalue weighted by Crippen LogP contribution is -2.40. The van der Waals surface area contributed by atoms with Crippen molar-refractivity contribution >= 4 is 17.5 Å². The van der Waals surface area contributed by atoms with E-state index in [1.807, 2.05) is 29.2 Å². The molecule has 1 fully saturated rings. The highest BCUT2D eigenvalue weighted by atomic mass is 35.5. The Morgan fingerprint density at radius 2 is 2.12 bits per heavy atom. The van der Waals surface area contributed by atoms with Crippen molar-refractivity contribution in [1.29, 1.82) is 0 Å². The summed E-state index contributed by atoms with van der Waals surface area (Å²) in [6, 6.07) is 9.30. The molecule has 2 heterocycles. The summed E-state index contributed by atoms with van der Waals surface area (Å²) in [5.74, 6) is 0.678. The third kappa shape index (κ3) is 3.79. The van der Waals surface area contributed by atoms with Crippen molar-refractivity contribution in [3.05, 3.63) is 41.0 Å². The van der Waals surface area contributed by atoms with Crippen molar-refractivity contribution in [2.24, 2.45) is 5.92 Å². The first-order chi connectivity index (χ1) is 11.7. The van der Waals surface area contributed by atoms with E-state index in [1.165, 1.54) is 0 Å². The lowest BCUT2D eigenvalue weighted by Gasteiger charge is -2.31. The zero-order valence-electron chi connectivity index (χ0n) is 13.9. The summed E-state index contributed by atoms with van der Waals surface area (Å²) in [6.45, 7) is 5.76. The van der Waals surface area contributed by atoms with Gasteiger partial charge in [0.1, 0.15) is 5.69 Å². The molecule has 0 unspecified atom stereocenters. The van der Waals surface area contributed by atoms with Gasteiger partial charge >= 0.3 is 0 Å². The molecule has 1 aromatic heterocycles. The molecule has 1 aliphatic rings. The van der Waals surface area contributed by atoms with E-state index in [4.69, 9.17) is 11.6 Å². The van der Waals surface area contributed by atoms with Crippen molar-refractivity contribution in [1.82, 2.24) is 20.4 Å². The maximum absolute atomic E-state index is 12.7. The van der Waals surface area contributed by atoms with Crippen LogP contribution in [-0.4, -0.2) is 47.2 Å². The van der Waals surface area contributed by atoms with Crippen LogP contribution in [-0.2, 0) is 0 Å². The number of carbonyl (C=O) groups excluding carboxylic acids is 1. The Labute approximate surface area is 147 Å². The van der Waals surface area contributed by atoms with Crippen molar-refractivity contribution in [3.8, 4) is 11.3 Å². The van der Waals surface area contributed by atoms with Crippen molar-refractivity contribution in [2.75, 3.05) is 26.2 Å². The normalized spacial score (nSPS) is 15.7. The van der Waals surface area contributed by atoms with Gasteiger partial charge in [0, 0.05) is 18.7 Å². The van der Waals surface area contributed by atoms with E-state index in [9.17, 15) is 4.79 Å². The van der Waals surface area contributed by atoms with Crippen LogP contribution in [0.5, 0.6) is 0 Å². The van der Waals surface area contributed by atoms with E-state index in [2.05, 4.69) is 22.4 Å². The van der Waals surface area contributed by atoms with Crippen LogP contribution in [0.1, 0.15) is 30.3 Å². The molecule has 0 bridgehead atoms. The van der Waals surface area contributed by atoms with E-state index in [1.54, 1.807) is 6.07 Å². The lowest BCUT2D eigenvalue weighted by atomic mass is 9.96. The molecule has 1 aliphatic heterocycles. The Kier molecular flexibility index (Phi) is 5.53. The minimum Gasteiger partial charge on any atom is -0.337 e. The Morgan fingerprint density at radius 3 is 2.83 bits per heavy atom. The van der Waals surface area contributed by atoms with Crippen LogP contribution in [0.4, 0.5) is 0 Å².